The first kappa shape index (κ1) is 18.9. The van der Waals surface area contributed by atoms with E-state index in [2.05, 4.69) is 15.5 Å². The Morgan fingerprint density at radius 1 is 1.37 bits per heavy atom. The quantitative estimate of drug-likeness (QED) is 0.709. The van der Waals surface area contributed by atoms with Gasteiger partial charge in [0.15, 0.2) is 10.6 Å². The standard InChI is InChI=1S/C18H20Cl2N4O2S/c19-11-1-4-13(14(20)9-11)18(5-7-26-8-6-18)16(25)21-10-15-22-23-17(27)24(15)12-2-3-12/h1,4,9,12H,2-3,5-8,10H2,(H,21,25)(H,23,27). The first-order valence-corrected chi connectivity index (χ1v) is 10.1. The van der Waals surface area contributed by atoms with Crippen molar-refractivity contribution in [1.29, 1.82) is 0 Å². The van der Waals surface area contributed by atoms with Gasteiger partial charge < -0.3 is 10.1 Å². The summed E-state index contributed by atoms with van der Waals surface area (Å²) in [6.07, 6.45) is 3.32. The molecular formula is C18H20Cl2N4O2S. The van der Waals surface area contributed by atoms with E-state index in [4.69, 9.17) is 40.2 Å². The van der Waals surface area contributed by atoms with Crippen LogP contribution in [0.2, 0.25) is 10.0 Å². The average molecular weight is 427 g/mol. The molecule has 2 aliphatic rings. The molecule has 2 fully saturated rings. The van der Waals surface area contributed by atoms with Crippen LogP contribution in [-0.2, 0) is 21.5 Å². The van der Waals surface area contributed by atoms with E-state index >= 15 is 0 Å². The molecule has 1 aliphatic carbocycles. The van der Waals surface area contributed by atoms with Crippen LogP contribution < -0.4 is 5.32 Å². The van der Waals surface area contributed by atoms with E-state index in [0.29, 0.717) is 53.5 Å². The van der Waals surface area contributed by atoms with Crippen LogP contribution in [0, 0.1) is 4.77 Å². The van der Waals surface area contributed by atoms with Crippen molar-refractivity contribution < 1.29 is 9.53 Å². The molecular weight excluding hydrogens is 407 g/mol. The molecule has 0 bridgehead atoms. The predicted molar refractivity (Wildman–Crippen MR) is 106 cm³/mol. The molecule has 1 saturated heterocycles. The van der Waals surface area contributed by atoms with Crippen LogP contribution in [0.25, 0.3) is 0 Å². The fraction of sp³-hybridized carbons (Fsp3) is 0.500. The lowest BCUT2D eigenvalue weighted by Gasteiger charge is -2.36. The molecule has 0 unspecified atom stereocenters. The molecule has 27 heavy (non-hydrogen) atoms. The largest absolute Gasteiger partial charge is 0.381 e. The SMILES string of the molecule is O=C(NCc1n[nH]c(=S)n1C1CC1)C1(c2ccc(Cl)cc2Cl)CCOCC1. The predicted octanol–water partition coefficient (Wildman–Crippen LogP) is 3.95. The van der Waals surface area contributed by atoms with Crippen molar-refractivity contribution in [2.75, 3.05) is 13.2 Å². The number of carbonyl (C=O) groups is 1. The Morgan fingerprint density at radius 2 is 2.11 bits per heavy atom. The Balaban J connectivity index is 1.59. The summed E-state index contributed by atoms with van der Waals surface area (Å²) in [7, 11) is 0. The summed E-state index contributed by atoms with van der Waals surface area (Å²) in [5.74, 6) is 0.673. The van der Waals surface area contributed by atoms with Gasteiger partial charge in [-0.05, 0) is 55.6 Å². The molecule has 6 nitrogen and oxygen atoms in total. The lowest BCUT2D eigenvalue weighted by molar-refractivity contribution is -0.130. The summed E-state index contributed by atoms with van der Waals surface area (Å²) in [5.41, 5.74) is 0.0488. The number of aromatic amines is 1. The number of halogens is 2. The molecule has 4 rings (SSSR count). The molecule has 144 valence electrons. The van der Waals surface area contributed by atoms with Crippen LogP contribution in [0.1, 0.15) is 43.1 Å². The molecule has 2 aromatic rings. The fourth-order valence-electron chi connectivity index (χ4n) is 3.72. The first-order valence-electron chi connectivity index (χ1n) is 8.98. The maximum Gasteiger partial charge on any atom is 0.231 e. The summed E-state index contributed by atoms with van der Waals surface area (Å²) < 4.78 is 8.10. The number of ether oxygens (including phenoxy) is 1. The molecule has 9 heteroatoms. The van der Waals surface area contributed by atoms with Gasteiger partial charge in [0.05, 0.1) is 12.0 Å². The van der Waals surface area contributed by atoms with Crippen molar-refractivity contribution in [3.8, 4) is 0 Å². The molecule has 0 radical (unpaired) electrons. The van der Waals surface area contributed by atoms with Crippen molar-refractivity contribution in [2.45, 2.75) is 43.7 Å². The molecule has 2 heterocycles. The summed E-state index contributed by atoms with van der Waals surface area (Å²) in [4.78, 5) is 13.3. The highest BCUT2D eigenvalue weighted by Crippen LogP contribution is 2.40. The lowest BCUT2D eigenvalue weighted by atomic mass is 9.73. The Morgan fingerprint density at radius 3 is 2.78 bits per heavy atom. The first-order chi connectivity index (χ1) is 13.0. The van der Waals surface area contributed by atoms with Gasteiger partial charge in [0.25, 0.3) is 0 Å². The second-order valence-corrected chi connectivity index (χ2v) is 8.28. The van der Waals surface area contributed by atoms with Crippen LogP contribution in [0.5, 0.6) is 0 Å². The molecule has 1 aliphatic heterocycles. The summed E-state index contributed by atoms with van der Waals surface area (Å²) in [6, 6.07) is 5.69. The topological polar surface area (TPSA) is 71.9 Å². The highest BCUT2D eigenvalue weighted by molar-refractivity contribution is 7.71. The van der Waals surface area contributed by atoms with E-state index in [0.717, 1.165) is 24.2 Å². The zero-order valence-electron chi connectivity index (χ0n) is 14.6. The maximum atomic E-state index is 13.3. The Hall–Kier alpha value is -1.41. The van der Waals surface area contributed by atoms with Gasteiger partial charge in [0.2, 0.25) is 5.91 Å². The molecule has 0 atom stereocenters. The van der Waals surface area contributed by atoms with Gasteiger partial charge >= 0.3 is 0 Å². The lowest BCUT2D eigenvalue weighted by Crippen LogP contribution is -2.48. The maximum absolute atomic E-state index is 13.3. The Labute approximate surface area is 172 Å². The van der Waals surface area contributed by atoms with Crippen molar-refractivity contribution in [3.63, 3.8) is 0 Å². The normalized spacial score (nSPS) is 19.0. The summed E-state index contributed by atoms with van der Waals surface area (Å²) in [5, 5.41) is 11.2. The van der Waals surface area contributed by atoms with Crippen molar-refractivity contribution in [1.82, 2.24) is 20.1 Å². The van der Waals surface area contributed by atoms with Crippen LogP contribution in [-0.4, -0.2) is 33.9 Å². The van der Waals surface area contributed by atoms with Gasteiger partial charge in [0, 0.05) is 29.3 Å². The number of H-pyrrole nitrogens is 1. The summed E-state index contributed by atoms with van der Waals surface area (Å²) in [6.45, 7) is 1.33. The van der Waals surface area contributed by atoms with Gasteiger partial charge in [-0.15, -0.1) is 0 Å². The number of benzene rings is 1. The third-order valence-corrected chi connectivity index (χ3v) is 6.16. The van der Waals surface area contributed by atoms with Gasteiger partial charge in [-0.25, -0.2) is 0 Å². The number of nitrogens with zero attached hydrogens (tertiary/aromatic N) is 2. The van der Waals surface area contributed by atoms with Crippen molar-refractivity contribution in [3.05, 3.63) is 44.4 Å². The molecule has 0 spiro atoms. The number of nitrogens with one attached hydrogen (secondary N) is 2. The number of carbonyl (C=O) groups excluding carboxylic acids is 1. The second-order valence-electron chi connectivity index (χ2n) is 7.05. The minimum Gasteiger partial charge on any atom is -0.381 e. The Bertz CT molecular complexity index is 916. The van der Waals surface area contributed by atoms with Crippen LogP contribution >= 0.6 is 35.4 Å². The molecule has 1 saturated carbocycles. The fourth-order valence-corrected chi connectivity index (χ4v) is 4.61. The zero-order valence-corrected chi connectivity index (χ0v) is 17.0. The van der Waals surface area contributed by atoms with E-state index in [1.165, 1.54) is 0 Å². The third-order valence-electron chi connectivity index (χ3n) is 5.32. The minimum absolute atomic E-state index is 0.0775. The van der Waals surface area contributed by atoms with E-state index < -0.39 is 5.41 Å². The van der Waals surface area contributed by atoms with E-state index in [1.54, 1.807) is 12.1 Å². The number of hydrogen-bond donors (Lipinski definition) is 2. The van der Waals surface area contributed by atoms with Crippen LogP contribution in [0.3, 0.4) is 0 Å². The van der Waals surface area contributed by atoms with Gasteiger partial charge in [-0.1, -0.05) is 29.3 Å². The summed E-state index contributed by atoms with van der Waals surface area (Å²) >= 11 is 17.8. The van der Waals surface area contributed by atoms with Crippen LogP contribution in [0.15, 0.2) is 18.2 Å². The van der Waals surface area contributed by atoms with Gasteiger partial charge in [-0.3, -0.25) is 14.5 Å². The number of amides is 1. The van der Waals surface area contributed by atoms with Crippen molar-refractivity contribution in [2.24, 2.45) is 0 Å². The van der Waals surface area contributed by atoms with E-state index in [9.17, 15) is 4.79 Å². The highest BCUT2D eigenvalue weighted by Gasteiger charge is 2.43. The molecule has 1 aromatic carbocycles. The van der Waals surface area contributed by atoms with Gasteiger partial charge in [0.1, 0.15) is 0 Å². The third kappa shape index (κ3) is 3.66. The number of rotatable bonds is 5. The molecule has 1 aromatic heterocycles. The molecule has 1 amide bonds. The minimum atomic E-state index is -0.739. The number of aromatic nitrogens is 3. The van der Waals surface area contributed by atoms with E-state index in [1.807, 2.05) is 10.6 Å². The van der Waals surface area contributed by atoms with E-state index in [-0.39, 0.29) is 5.91 Å². The monoisotopic (exact) mass is 426 g/mol. The smallest absolute Gasteiger partial charge is 0.231 e. The van der Waals surface area contributed by atoms with Crippen LogP contribution in [0.4, 0.5) is 0 Å². The van der Waals surface area contributed by atoms with Gasteiger partial charge in [-0.2, -0.15) is 5.10 Å². The second kappa shape index (κ2) is 7.54. The average Bonchev–Trinajstić information content (AvgIpc) is 3.42. The van der Waals surface area contributed by atoms with Crippen molar-refractivity contribution >= 4 is 41.3 Å². The molecule has 2 N–H and O–H groups in total. The number of hydrogen-bond acceptors (Lipinski definition) is 4. The Kier molecular flexibility index (Phi) is 5.29. The highest BCUT2D eigenvalue weighted by atomic mass is 35.5. The zero-order chi connectivity index (χ0) is 19.0.